The van der Waals surface area contributed by atoms with Crippen LogP contribution in [0.1, 0.15) is 29.7 Å². The summed E-state index contributed by atoms with van der Waals surface area (Å²) in [6.07, 6.45) is 0.842. The summed E-state index contributed by atoms with van der Waals surface area (Å²) in [5.41, 5.74) is 2.58. The normalized spacial score (nSPS) is 18.1. The van der Waals surface area contributed by atoms with Gasteiger partial charge < -0.3 is 5.11 Å². The Labute approximate surface area is 173 Å². The Kier molecular flexibility index (Phi) is 5.19. The van der Waals surface area contributed by atoms with E-state index in [4.69, 9.17) is 0 Å². The van der Waals surface area contributed by atoms with Crippen LogP contribution in [0.2, 0.25) is 0 Å². The highest BCUT2D eigenvalue weighted by atomic mass is 19.1. The second kappa shape index (κ2) is 7.95. The molecule has 0 bridgehead atoms. The van der Waals surface area contributed by atoms with E-state index in [1.54, 1.807) is 36.4 Å². The highest BCUT2D eigenvalue weighted by Crippen LogP contribution is 2.42. The van der Waals surface area contributed by atoms with Crippen LogP contribution in [0.5, 0.6) is 0 Å². The number of carbonyl (C=O) groups excluding carboxylic acids is 2. The van der Waals surface area contributed by atoms with E-state index < -0.39 is 23.5 Å². The Morgan fingerprint density at radius 1 is 0.933 bits per heavy atom. The van der Waals surface area contributed by atoms with Gasteiger partial charge in [0.2, 0.25) is 0 Å². The number of benzene rings is 3. The SMILES string of the molecule is CCc1ccc(/C(O)=C2/C(=O)C(=O)N(c3ccccc3)C2c2ccc(F)cc2)cc1. The summed E-state index contributed by atoms with van der Waals surface area (Å²) in [4.78, 5) is 27.3. The quantitative estimate of drug-likeness (QED) is 0.380. The van der Waals surface area contributed by atoms with Crippen molar-refractivity contribution in [1.82, 2.24) is 0 Å². The van der Waals surface area contributed by atoms with Crippen LogP contribution in [0.15, 0.2) is 84.4 Å². The zero-order chi connectivity index (χ0) is 21.3. The topological polar surface area (TPSA) is 57.6 Å². The van der Waals surface area contributed by atoms with E-state index in [0.717, 1.165) is 12.0 Å². The zero-order valence-electron chi connectivity index (χ0n) is 16.4. The van der Waals surface area contributed by atoms with Gasteiger partial charge in [-0.25, -0.2) is 4.39 Å². The smallest absolute Gasteiger partial charge is 0.300 e. The number of halogens is 1. The van der Waals surface area contributed by atoms with Gasteiger partial charge in [0.15, 0.2) is 0 Å². The number of aryl methyl sites for hydroxylation is 1. The predicted octanol–water partition coefficient (Wildman–Crippen LogP) is 5.01. The van der Waals surface area contributed by atoms with Crippen LogP contribution in [0, 0.1) is 5.82 Å². The van der Waals surface area contributed by atoms with Gasteiger partial charge in [-0.2, -0.15) is 0 Å². The van der Waals surface area contributed by atoms with Gasteiger partial charge in [-0.3, -0.25) is 14.5 Å². The molecule has 1 N–H and O–H groups in total. The first-order chi connectivity index (χ1) is 14.5. The Bertz CT molecular complexity index is 1120. The number of amides is 1. The Morgan fingerprint density at radius 2 is 1.57 bits per heavy atom. The van der Waals surface area contributed by atoms with Crippen LogP contribution in [-0.4, -0.2) is 16.8 Å². The number of anilines is 1. The van der Waals surface area contributed by atoms with E-state index in [1.807, 2.05) is 25.1 Å². The highest BCUT2D eigenvalue weighted by Gasteiger charge is 2.46. The molecule has 1 unspecified atom stereocenters. The molecule has 3 aromatic rings. The van der Waals surface area contributed by atoms with Gasteiger partial charge in [0.1, 0.15) is 11.6 Å². The molecule has 0 aromatic heterocycles. The predicted molar refractivity (Wildman–Crippen MR) is 113 cm³/mol. The number of hydrogen-bond donors (Lipinski definition) is 1. The average molecular weight is 401 g/mol. The Balaban J connectivity index is 1.91. The summed E-state index contributed by atoms with van der Waals surface area (Å²) in [7, 11) is 0. The molecule has 1 fully saturated rings. The van der Waals surface area contributed by atoms with Crippen molar-refractivity contribution in [2.24, 2.45) is 0 Å². The fraction of sp³-hybridized carbons (Fsp3) is 0.120. The lowest BCUT2D eigenvalue weighted by atomic mass is 9.94. The standard InChI is InChI=1S/C25H20FNO3/c1-2-16-8-10-18(11-9-16)23(28)21-22(17-12-14-19(26)15-13-17)27(25(30)24(21)29)20-6-4-3-5-7-20/h3-15,22,28H,2H2,1H3/b23-21-. The molecule has 1 heterocycles. The second-order valence-corrected chi connectivity index (χ2v) is 7.11. The first-order valence-corrected chi connectivity index (χ1v) is 9.72. The molecule has 30 heavy (non-hydrogen) atoms. The summed E-state index contributed by atoms with van der Waals surface area (Å²) in [5.74, 6) is -2.18. The van der Waals surface area contributed by atoms with Crippen molar-refractivity contribution in [1.29, 1.82) is 0 Å². The van der Waals surface area contributed by atoms with Crippen LogP contribution < -0.4 is 4.90 Å². The number of ketones is 1. The number of Topliss-reactive ketones (excluding diaryl/α,β-unsaturated/α-hetero) is 1. The summed E-state index contributed by atoms with van der Waals surface area (Å²) in [6, 6.07) is 20.7. The Hall–Kier alpha value is -3.73. The Morgan fingerprint density at radius 3 is 2.17 bits per heavy atom. The third-order valence-corrected chi connectivity index (χ3v) is 5.30. The molecular weight excluding hydrogens is 381 g/mol. The number of rotatable bonds is 4. The summed E-state index contributed by atoms with van der Waals surface area (Å²) >= 11 is 0. The maximum Gasteiger partial charge on any atom is 0.300 e. The molecule has 1 aliphatic heterocycles. The average Bonchev–Trinajstić information content (AvgIpc) is 3.05. The van der Waals surface area contributed by atoms with Gasteiger partial charge >= 0.3 is 0 Å². The molecule has 5 heteroatoms. The zero-order valence-corrected chi connectivity index (χ0v) is 16.4. The summed E-state index contributed by atoms with van der Waals surface area (Å²) in [6.45, 7) is 2.02. The van der Waals surface area contributed by atoms with Crippen molar-refractivity contribution >= 4 is 23.1 Å². The maximum absolute atomic E-state index is 13.5. The van der Waals surface area contributed by atoms with Gasteiger partial charge in [0, 0.05) is 11.3 Å². The van der Waals surface area contributed by atoms with Crippen molar-refractivity contribution in [2.45, 2.75) is 19.4 Å². The number of hydrogen-bond acceptors (Lipinski definition) is 3. The molecule has 0 saturated carbocycles. The summed E-state index contributed by atoms with van der Waals surface area (Å²) < 4.78 is 13.5. The minimum Gasteiger partial charge on any atom is -0.507 e. The lowest BCUT2D eigenvalue weighted by Crippen LogP contribution is -2.29. The maximum atomic E-state index is 13.5. The van der Waals surface area contributed by atoms with E-state index in [9.17, 15) is 19.1 Å². The number of nitrogens with zero attached hydrogens (tertiary/aromatic N) is 1. The first-order valence-electron chi connectivity index (χ1n) is 9.72. The van der Waals surface area contributed by atoms with Gasteiger partial charge in [-0.15, -0.1) is 0 Å². The molecular formula is C25H20FNO3. The number of para-hydroxylation sites is 1. The molecule has 0 radical (unpaired) electrons. The number of carbonyl (C=O) groups is 2. The fourth-order valence-corrected chi connectivity index (χ4v) is 3.70. The van der Waals surface area contributed by atoms with Crippen LogP contribution in [0.25, 0.3) is 5.76 Å². The molecule has 4 nitrogen and oxygen atoms in total. The summed E-state index contributed by atoms with van der Waals surface area (Å²) in [5, 5.41) is 11.0. The van der Waals surface area contributed by atoms with Crippen molar-refractivity contribution < 1.29 is 19.1 Å². The molecule has 1 aliphatic rings. The third kappa shape index (κ3) is 3.39. The van der Waals surface area contributed by atoms with Crippen LogP contribution in [-0.2, 0) is 16.0 Å². The fourth-order valence-electron chi connectivity index (χ4n) is 3.70. The van der Waals surface area contributed by atoms with Crippen molar-refractivity contribution in [3.63, 3.8) is 0 Å². The molecule has 1 amide bonds. The van der Waals surface area contributed by atoms with E-state index in [2.05, 4.69) is 0 Å². The molecule has 3 aromatic carbocycles. The molecule has 4 rings (SSSR count). The van der Waals surface area contributed by atoms with Crippen LogP contribution >= 0.6 is 0 Å². The molecule has 150 valence electrons. The van der Waals surface area contributed by atoms with E-state index in [0.29, 0.717) is 16.8 Å². The van der Waals surface area contributed by atoms with E-state index in [-0.39, 0.29) is 11.3 Å². The lowest BCUT2D eigenvalue weighted by molar-refractivity contribution is -0.132. The molecule has 1 saturated heterocycles. The highest BCUT2D eigenvalue weighted by molar-refractivity contribution is 6.51. The minimum absolute atomic E-state index is 0.0142. The van der Waals surface area contributed by atoms with Crippen molar-refractivity contribution in [3.05, 3.63) is 107 Å². The molecule has 0 spiro atoms. The van der Waals surface area contributed by atoms with Crippen molar-refractivity contribution in [2.75, 3.05) is 4.90 Å². The lowest BCUT2D eigenvalue weighted by Gasteiger charge is -2.25. The third-order valence-electron chi connectivity index (χ3n) is 5.30. The van der Waals surface area contributed by atoms with Crippen LogP contribution in [0.4, 0.5) is 10.1 Å². The first kappa shape index (κ1) is 19.6. The van der Waals surface area contributed by atoms with E-state index >= 15 is 0 Å². The van der Waals surface area contributed by atoms with Crippen LogP contribution in [0.3, 0.4) is 0 Å². The van der Waals surface area contributed by atoms with Gasteiger partial charge in [0.25, 0.3) is 11.7 Å². The molecule has 1 atom stereocenters. The van der Waals surface area contributed by atoms with Gasteiger partial charge in [-0.1, -0.05) is 61.5 Å². The number of aliphatic hydroxyl groups is 1. The second-order valence-electron chi connectivity index (χ2n) is 7.11. The van der Waals surface area contributed by atoms with Crippen molar-refractivity contribution in [3.8, 4) is 0 Å². The monoisotopic (exact) mass is 401 g/mol. The number of aliphatic hydroxyl groups excluding tert-OH is 1. The minimum atomic E-state index is -0.862. The van der Waals surface area contributed by atoms with E-state index in [1.165, 1.54) is 29.2 Å². The molecule has 0 aliphatic carbocycles. The van der Waals surface area contributed by atoms with Gasteiger partial charge in [-0.05, 0) is 41.8 Å². The largest absolute Gasteiger partial charge is 0.507 e. The van der Waals surface area contributed by atoms with Gasteiger partial charge in [0.05, 0.1) is 11.6 Å².